The minimum atomic E-state index is -2.16. The predicted molar refractivity (Wildman–Crippen MR) is 61.4 cm³/mol. The van der Waals surface area contributed by atoms with Gasteiger partial charge in [0.15, 0.2) is 23.3 Å². The predicted octanol–water partition coefficient (Wildman–Crippen LogP) is 2.73. The maximum absolute atomic E-state index is 13.5. The van der Waals surface area contributed by atoms with Gasteiger partial charge in [0.1, 0.15) is 0 Å². The second-order valence-corrected chi connectivity index (χ2v) is 5.36. The van der Waals surface area contributed by atoms with Crippen LogP contribution in [0.4, 0.5) is 22.0 Å². The lowest BCUT2D eigenvalue weighted by Gasteiger charge is -2.36. The molecule has 0 saturated carbocycles. The van der Waals surface area contributed by atoms with Crippen LogP contribution < -0.4 is 0 Å². The molecule has 1 aliphatic rings. The van der Waals surface area contributed by atoms with Crippen LogP contribution in [0.2, 0.25) is 0 Å². The molecule has 1 heterocycles. The van der Waals surface area contributed by atoms with Gasteiger partial charge in [-0.3, -0.25) is 4.90 Å². The zero-order valence-electron chi connectivity index (χ0n) is 10.8. The van der Waals surface area contributed by atoms with Crippen LogP contribution in [0.1, 0.15) is 25.3 Å². The van der Waals surface area contributed by atoms with Crippen molar-refractivity contribution >= 4 is 0 Å². The number of hydrogen-bond acceptors (Lipinski definition) is 2. The van der Waals surface area contributed by atoms with Crippen LogP contribution in [0.5, 0.6) is 0 Å². The zero-order chi connectivity index (χ0) is 15.1. The smallest absolute Gasteiger partial charge is 0.200 e. The number of benzene rings is 1. The molecule has 20 heavy (non-hydrogen) atoms. The van der Waals surface area contributed by atoms with Gasteiger partial charge in [0.05, 0.1) is 5.60 Å². The minimum absolute atomic E-state index is 0.118. The van der Waals surface area contributed by atoms with Crippen molar-refractivity contribution in [1.29, 1.82) is 0 Å². The van der Waals surface area contributed by atoms with E-state index in [9.17, 15) is 27.1 Å². The van der Waals surface area contributed by atoms with Crippen molar-refractivity contribution in [2.24, 2.45) is 0 Å². The fraction of sp³-hybridized carbons (Fsp3) is 0.538. The van der Waals surface area contributed by atoms with E-state index in [0.717, 1.165) is 0 Å². The molecule has 1 aromatic carbocycles. The molecule has 1 saturated heterocycles. The third-order valence-corrected chi connectivity index (χ3v) is 3.44. The first-order valence-electron chi connectivity index (χ1n) is 6.18. The lowest BCUT2D eigenvalue weighted by Crippen LogP contribution is -2.45. The summed E-state index contributed by atoms with van der Waals surface area (Å²) in [7, 11) is 0. The molecule has 2 rings (SSSR count). The average Bonchev–Trinajstić information content (AvgIpc) is 2.38. The van der Waals surface area contributed by atoms with Gasteiger partial charge in [-0.05, 0) is 26.3 Å². The Morgan fingerprint density at radius 1 is 1.00 bits per heavy atom. The Kier molecular flexibility index (Phi) is 4.02. The molecule has 0 bridgehead atoms. The number of halogens is 5. The van der Waals surface area contributed by atoms with Crippen molar-refractivity contribution in [3.05, 3.63) is 34.6 Å². The largest absolute Gasteiger partial charge is 0.389 e. The van der Waals surface area contributed by atoms with E-state index in [2.05, 4.69) is 0 Å². The van der Waals surface area contributed by atoms with E-state index in [0.29, 0.717) is 19.4 Å². The third-order valence-electron chi connectivity index (χ3n) is 3.44. The van der Waals surface area contributed by atoms with Crippen molar-refractivity contribution in [2.75, 3.05) is 13.1 Å². The summed E-state index contributed by atoms with van der Waals surface area (Å²) >= 11 is 0. The van der Waals surface area contributed by atoms with E-state index < -0.39 is 46.8 Å². The molecule has 2 nitrogen and oxygen atoms in total. The SMILES string of the molecule is CC1(O)CCCN(Cc2c(F)c(F)c(F)c(F)c2F)C1. The summed E-state index contributed by atoms with van der Waals surface area (Å²) in [6.45, 7) is 1.68. The van der Waals surface area contributed by atoms with Crippen molar-refractivity contribution in [1.82, 2.24) is 4.90 Å². The van der Waals surface area contributed by atoms with Gasteiger partial charge in [-0.15, -0.1) is 0 Å². The molecule has 0 aliphatic carbocycles. The van der Waals surface area contributed by atoms with Crippen molar-refractivity contribution in [2.45, 2.75) is 31.9 Å². The molecule has 0 spiro atoms. The van der Waals surface area contributed by atoms with Gasteiger partial charge in [-0.2, -0.15) is 0 Å². The molecule has 1 aromatic rings. The molecule has 1 atom stereocenters. The second-order valence-electron chi connectivity index (χ2n) is 5.36. The highest BCUT2D eigenvalue weighted by Crippen LogP contribution is 2.27. The molecule has 7 heteroatoms. The highest BCUT2D eigenvalue weighted by molar-refractivity contribution is 5.24. The molecule has 1 fully saturated rings. The maximum Gasteiger partial charge on any atom is 0.200 e. The maximum atomic E-state index is 13.5. The number of likely N-dealkylation sites (tertiary alicyclic amines) is 1. The first-order valence-corrected chi connectivity index (χ1v) is 6.18. The number of β-amino-alcohol motifs (C(OH)–C–C–N with tert-alkyl or cyclic N) is 1. The molecule has 1 N–H and O–H groups in total. The molecular formula is C13H14F5NO. The number of nitrogens with zero attached hydrogens (tertiary/aromatic N) is 1. The lowest BCUT2D eigenvalue weighted by molar-refractivity contribution is -0.0188. The summed E-state index contributed by atoms with van der Waals surface area (Å²) in [5.41, 5.74) is -1.89. The van der Waals surface area contributed by atoms with Crippen LogP contribution in [0.15, 0.2) is 0 Å². The number of hydrogen-bond donors (Lipinski definition) is 1. The molecular weight excluding hydrogens is 281 g/mol. The Morgan fingerprint density at radius 3 is 2.00 bits per heavy atom. The van der Waals surface area contributed by atoms with Crippen LogP contribution >= 0.6 is 0 Å². The van der Waals surface area contributed by atoms with Crippen molar-refractivity contribution < 1.29 is 27.1 Å². The summed E-state index contributed by atoms with van der Waals surface area (Å²) < 4.78 is 66.2. The van der Waals surface area contributed by atoms with Crippen LogP contribution in [-0.4, -0.2) is 28.7 Å². The van der Waals surface area contributed by atoms with Gasteiger partial charge in [-0.1, -0.05) is 0 Å². The zero-order valence-corrected chi connectivity index (χ0v) is 10.8. The summed E-state index contributed by atoms with van der Waals surface area (Å²) in [5, 5.41) is 9.88. The van der Waals surface area contributed by atoms with Gasteiger partial charge in [0.2, 0.25) is 5.82 Å². The third kappa shape index (κ3) is 2.78. The average molecular weight is 295 g/mol. The van der Waals surface area contributed by atoms with E-state index in [1.165, 1.54) is 4.90 Å². The molecule has 1 aliphatic heterocycles. The van der Waals surface area contributed by atoms with Crippen LogP contribution in [-0.2, 0) is 6.54 Å². The fourth-order valence-electron chi connectivity index (χ4n) is 2.47. The van der Waals surface area contributed by atoms with Gasteiger partial charge in [-0.25, -0.2) is 22.0 Å². The van der Waals surface area contributed by atoms with Gasteiger partial charge >= 0.3 is 0 Å². The molecule has 0 amide bonds. The van der Waals surface area contributed by atoms with Crippen LogP contribution in [0, 0.1) is 29.1 Å². The Hall–Kier alpha value is -1.21. The van der Waals surface area contributed by atoms with E-state index in [4.69, 9.17) is 0 Å². The Morgan fingerprint density at radius 2 is 1.50 bits per heavy atom. The Balaban J connectivity index is 2.30. The van der Waals surface area contributed by atoms with Crippen molar-refractivity contribution in [3.8, 4) is 0 Å². The summed E-state index contributed by atoms with van der Waals surface area (Å²) in [5.74, 6) is -9.67. The summed E-state index contributed by atoms with van der Waals surface area (Å²) in [6, 6.07) is 0. The van der Waals surface area contributed by atoms with Crippen molar-refractivity contribution in [3.63, 3.8) is 0 Å². The molecule has 112 valence electrons. The monoisotopic (exact) mass is 295 g/mol. The minimum Gasteiger partial charge on any atom is -0.389 e. The Bertz CT molecular complexity index is 503. The molecule has 1 unspecified atom stereocenters. The van der Waals surface area contributed by atoms with E-state index >= 15 is 0 Å². The fourth-order valence-corrected chi connectivity index (χ4v) is 2.47. The lowest BCUT2D eigenvalue weighted by atomic mass is 9.95. The first kappa shape index (κ1) is 15.2. The van der Waals surface area contributed by atoms with Gasteiger partial charge < -0.3 is 5.11 Å². The summed E-state index contributed by atoms with van der Waals surface area (Å²) in [6.07, 6.45) is 1.11. The van der Waals surface area contributed by atoms with Gasteiger partial charge in [0.25, 0.3) is 0 Å². The van der Waals surface area contributed by atoms with Crippen LogP contribution in [0.3, 0.4) is 0 Å². The number of piperidine rings is 1. The Labute approximate surface area is 112 Å². The number of rotatable bonds is 2. The van der Waals surface area contributed by atoms with Crippen LogP contribution in [0.25, 0.3) is 0 Å². The van der Waals surface area contributed by atoms with E-state index in [-0.39, 0.29) is 6.54 Å². The number of aliphatic hydroxyl groups is 1. The second kappa shape index (κ2) is 5.29. The molecule has 0 radical (unpaired) electrons. The standard InChI is InChI=1S/C13H14F5NO/c1-13(20)3-2-4-19(6-13)5-7-8(14)10(16)12(18)11(17)9(7)15/h20H,2-6H2,1H3. The topological polar surface area (TPSA) is 23.5 Å². The highest BCUT2D eigenvalue weighted by Gasteiger charge is 2.31. The first-order chi connectivity index (χ1) is 9.23. The molecule has 0 aromatic heterocycles. The van der Waals surface area contributed by atoms with E-state index in [1.54, 1.807) is 6.92 Å². The summed E-state index contributed by atoms with van der Waals surface area (Å²) in [4.78, 5) is 1.47. The highest BCUT2D eigenvalue weighted by atomic mass is 19.2. The van der Waals surface area contributed by atoms with E-state index in [1.807, 2.05) is 0 Å². The normalized spacial score (nSPS) is 24.1. The quantitative estimate of drug-likeness (QED) is 0.515. The van der Waals surface area contributed by atoms with Gasteiger partial charge in [0, 0.05) is 18.7 Å².